The first-order valence-corrected chi connectivity index (χ1v) is 16.4. The number of fused-ring (bicyclic) bond motifs is 5. The van der Waals surface area contributed by atoms with E-state index in [9.17, 15) is 0 Å². The minimum atomic E-state index is 0.863. The Kier molecular flexibility index (Phi) is 6.84. The molecule has 0 amide bonds. The van der Waals surface area contributed by atoms with Crippen LogP contribution in [-0.2, 0) is 0 Å². The van der Waals surface area contributed by atoms with E-state index in [1.807, 2.05) is 0 Å². The van der Waals surface area contributed by atoms with Gasteiger partial charge < -0.3 is 9.32 Å². The molecular weight excluding hydrogens is 583 g/mol. The summed E-state index contributed by atoms with van der Waals surface area (Å²) in [5.41, 5.74) is 12.0. The Morgan fingerprint density at radius 3 is 1.31 bits per heavy atom. The van der Waals surface area contributed by atoms with Gasteiger partial charge in [0.25, 0.3) is 0 Å². The molecule has 0 radical (unpaired) electrons. The maximum absolute atomic E-state index is 6.96. The molecule has 9 rings (SSSR count). The van der Waals surface area contributed by atoms with E-state index in [1.54, 1.807) is 0 Å². The third-order valence-electron chi connectivity index (χ3n) is 9.27. The number of rotatable bonds is 6. The molecular formula is C46H31NO. The molecule has 0 saturated heterocycles. The van der Waals surface area contributed by atoms with Crippen molar-refractivity contribution in [3.63, 3.8) is 0 Å². The molecule has 48 heavy (non-hydrogen) atoms. The van der Waals surface area contributed by atoms with Crippen molar-refractivity contribution in [2.24, 2.45) is 0 Å². The largest absolute Gasteiger partial charge is 0.453 e. The molecule has 0 aliphatic rings. The van der Waals surface area contributed by atoms with Gasteiger partial charge in [-0.25, -0.2) is 0 Å². The maximum atomic E-state index is 6.96. The normalized spacial score (nSPS) is 11.3. The number of nitrogens with zero attached hydrogens (tertiary/aromatic N) is 1. The summed E-state index contributed by atoms with van der Waals surface area (Å²) in [7, 11) is 0. The third-order valence-corrected chi connectivity index (χ3v) is 9.27. The molecule has 226 valence electrons. The van der Waals surface area contributed by atoms with Gasteiger partial charge in [0.15, 0.2) is 5.58 Å². The lowest BCUT2D eigenvalue weighted by Gasteiger charge is -2.26. The fraction of sp³-hybridized carbons (Fsp3) is 0. The number of furan rings is 1. The van der Waals surface area contributed by atoms with Crippen LogP contribution in [0.5, 0.6) is 0 Å². The SMILES string of the molecule is c1ccc(-c2ccc(N(c3ccc(-c4ccccc4)cc3)c3cccc4c3oc3c5ccccc5c(-c5ccccc5)cc43)cc2)cc1. The van der Waals surface area contributed by atoms with Crippen LogP contribution >= 0.6 is 0 Å². The van der Waals surface area contributed by atoms with E-state index >= 15 is 0 Å². The molecule has 0 aliphatic heterocycles. The smallest absolute Gasteiger partial charge is 0.159 e. The topological polar surface area (TPSA) is 16.4 Å². The zero-order valence-electron chi connectivity index (χ0n) is 26.3. The fourth-order valence-electron chi connectivity index (χ4n) is 6.93. The van der Waals surface area contributed by atoms with Crippen LogP contribution in [0.15, 0.2) is 192 Å². The van der Waals surface area contributed by atoms with Crippen LogP contribution < -0.4 is 4.90 Å². The van der Waals surface area contributed by atoms with Crippen LogP contribution in [0, 0.1) is 0 Å². The second-order valence-electron chi connectivity index (χ2n) is 12.1. The van der Waals surface area contributed by atoms with Crippen LogP contribution in [0.3, 0.4) is 0 Å². The number of anilines is 3. The highest BCUT2D eigenvalue weighted by Crippen LogP contribution is 2.45. The van der Waals surface area contributed by atoms with Gasteiger partial charge in [-0.15, -0.1) is 0 Å². The number of benzene rings is 8. The van der Waals surface area contributed by atoms with Crippen molar-refractivity contribution in [1.29, 1.82) is 0 Å². The van der Waals surface area contributed by atoms with Gasteiger partial charge in [0.2, 0.25) is 0 Å². The summed E-state index contributed by atoms with van der Waals surface area (Å²) < 4.78 is 6.96. The Labute approximate surface area is 279 Å². The molecule has 2 nitrogen and oxygen atoms in total. The van der Waals surface area contributed by atoms with Gasteiger partial charge in [-0.1, -0.05) is 152 Å². The third kappa shape index (κ3) is 4.83. The van der Waals surface area contributed by atoms with Gasteiger partial charge >= 0.3 is 0 Å². The summed E-state index contributed by atoms with van der Waals surface area (Å²) in [6.07, 6.45) is 0. The number of para-hydroxylation sites is 1. The molecule has 0 N–H and O–H groups in total. The quantitative estimate of drug-likeness (QED) is 0.185. The van der Waals surface area contributed by atoms with E-state index in [-0.39, 0.29) is 0 Å². The number of hydrogen-bond acceptors (Lipinski definition) is 2. The average Bonchev–Trinajstić information content (AvgIpc) is 3.56. The van der Waals surface area contributed by atoms with Crippen LogP contribution in [-0.4, -0.2) is 0 Å². The lowest BCUT2D eigenvalue weighted by molar-refractivity contribution is 0.673. The van der Waals surface area contributed by atoms with E-state index in [1.165, 1.54) is 38.8 Å². The monoisotopic (exact) mass is 613 g/mol. The predicted octanol–water partition coefficient (Wildman–Crippen LogP) is 13.2. The van der Waals surface area contributed by atoms with E-state index < -0.39 is 0 Å². The van der Waals surface area contributed by atoms with Crippen LogP contribution in [0.1, 0.15) is 0 Å². The van der Waals surface area contributed by atoms with E-state index in [0.29, 0.717) is 0 Å². The Balaban J connectivity index is 1.25. The minimum absolute atomic E-state index is 0.863. The Morgan fingerprint density at radius 2 is 0.750 bits per heavy atom. The Hall–Kier alpha value is -6.38. The lowest BCUT2D eigenvalue weighted by atomic mass is 9.95. The second-order valence-corrected chi connectivity index (χ2v) is 12.1. The van der Waals surface area contributed by atoms with Crippen molar-refractivity contribution in [2.75, 3.05) is 4.90 Å². The summed E-state index contributed by atoms with van der Waals surface area (Å²) in [5, 5.41) is 4.50. The molecule has 9 aromatic rings. The second kappa shape index (κ2) is 11.8. The zero-order chi connectivity index (χ0) is 31.9. The summed E-state index contributed by atoms with van der Waals surface area (Å²) >= 11 is 0. The average molecular weight is 614 g/mol. The highest BCUT2D eigenvalue weighted by molar-refractivity contribution is 6.21. The molecule has 0 atom stereocenters. The van der Waals surface area contributed by atoms with Crippen molar-refractivity contribution < 1.29 is 4.42 Å². The van der Waals surface area contributed by atoms with Crippen LogP contribution in [0.2, 0.25) is 0 Å². The minimum Gasteiger partial charge on any atom is -0.453 e. The van der Waals surface area contributed by atoms with Gasteiger partial charge in [0.1, 0.15) is 5.58 Å². The molecule has 0 fully saturated rings. The van der Waals surface area contributed by atoms with E-state index in [0.717, 1.165) is 44.4 Å². The van der Waals surface area contributed by atoms with Gasteiger partial charge in [0, 0.05) is 27.5 Å². The van der Waals surface area contributed by atoms with Gasteiger partial charge in [-0.2, -0.15) is 0 Å². The molecule has 0 bridgehead atoms. The summed E-state index contributed by atoms with van der Waals surface area (Å²) in [5.74, 6) is 0. The van der Waals surface area contributed by atoms with Gasteiger partial charge in [-0.05, 0) is 75.2 Å². The lowest BCUT2D eigenvalue weighted by Crippen LogP contribution is -2.10. The Bertz CT molecular complexity index is 2430. The standard InChI is InChI=1S/C46H31NO/c1-4-13-32(14-5-1)34-23-27-37(28-24-34)47(38-29-25-35(26-30-38)33-15-6-2-7-16-33)44-22-12-21-41-43-31-42(36-17-8-3-9-18-36)39-19-10-11-20-40(39)45(43)48-46(41)44/h1-31H. The summed E-state index contributed by atoms with van der Waals surface area (Å²) in [6, 6.07) is 66.7. The van der Waals surface area contributed by atoms with Crippen molar-refractivity contribution in [3.8, 4) is 33.4 Å². The molecule has 0 spiro atoms. The zero-order valence-corrected chi connectivity index (χ0v) is 26.3. The molecule has 8 aromatic carbocycles. The predicted molar refractivity (Wildman–Crippen MR) is 202 cm³/mol. The van der Waals surface area contributed by atoms with Crippen LogP contribution in [0.25, 0.3) is 66.1 Å². The van der Waals surface area contributed by atoms with Gasteiger partial charge in [0.05, 0.1) is 5.69 Å². The highest BCUT2D eigenvalue weighted by Gasteiger charge is 2.21. The van der Waals surface area contributed by atoms with Crippen molar-refractivity contribution >= 4 is 49.8 Å². The summed E-state index contributed by atoms with van der Waals surface area (Å²) in [6.45, 7) is 0. The molecule has 0 unspecified atom stereocenters. The van der Waals surface area contributed by atoms with Crippen LogP contribution in [0.4, 0.5) is 17.1 Å². The molecule has 0 saturated carbocycles. The summed E-state index contributed by atoms with van der Waals surface area (Å²) in [4.78, 5) is 2.31. The van der Waals surface area contributed by atoms with Gasteiger partial charge in [-0.3, -0.25) is 0 Å². The highest BCUT2D eigenvalue weighted by atomic mass is 16.3. The van der Waals surface area contributed by atoms with E-state index in [2.05, 4.69) is 193 Å². The van der Waals surface area contributed by atoms with Crippen molar-refractivity contribution in [1.82, 2.24) is 0 Å². The first kappa shape index (κ1) is 27.9. The number of hydrogen-bond donors (Lipinski definition) is 0. The fourth-order valence-corrected chi connectivity index (χ4v) is 6.93. The molecule has 0 aliphatic carbocycles. The molecule has 1 heterocycles. The molecule has 1 aromatic heterocycles. The molecule has 2 heteroatoms. The van der Waals surface area contributed by atoms with Crippen molar-refractivity contribution in [2.45, 2.75) is 0 Å². The van der Waals surface area contributed by atoms with Crippen molar-refractivity contribution in [3.05, 3.63) is 188 Å². The maximum Gasteiger partial charge on any atom is 0.159 e. The first-order chi connectivity index (χ1) is 23.8. The van der Waals surface area contributed by atoms with E-state index in [4.69, 9.17) is 4.42 Å². The Morgan fingerprint density at radius 1 is 0.312 bits per heavy atom. The first-order valence-electron chi connectivity index (χ1n) is 16.4.